The Kier molecular flexibility index (Phi) is 2.77. The van der Waals surface area contributed by atoms with Gasteiger partial charge < -0.3 is 10.0 Å². The summed E-state index contributed by atoms with van der Waals surface area (Å²) < 4.78 is 0. The van der Waals surface area contributed by atoms with Crippen LogP contribution in [0.25, 0.3) is 5.57 Å². The summed E-state index contributed by atoms with van der Waals surface area (Å²) in [6.07, 6.45) is 3.61. The zero-order valence-electron chi connectivity index (χ0n) is 9.05. The molecule has 1 aromatic rings. The van der Waals surface area contributed by atoms with Gasteiger partial charge in [0, 0.05) is 19.8 Å². The second-order valence-electron chi connectivity index (χ2n) is 3.77. The van der Waals surface area contributed by atoms with Crippen molar-refractivity contribution in [3.8, 4) is 0 Å². The summed E-state index contributed by atoms with van der Waals surface area (Å²) in [7, 11) is 1.86. The summed E-state index contributed by atoms with van der Waals surface area (Å²) >= 11 is 0. The molecule has 0 saturated carbocycles. The van der Waals surface area contributed by atoms with E-state index < -0.39 is 5.97 Å². The van der Waals surface area contributed by atoms with Crippen molar-refractivity contribution in [2.24, 2.45) is 0 Å². The van der Waals surface area contributed by atoms with Gasteiger partial charge in [0.1, 0.15) is 0 Å². The fourth-order valence-electron chi connectivity index (χ4n) is 1.75. The van der Waals surface area contributed by atoms with Crippen molar-refractivity contribution in [1.82, 2.24) is 4.90 Å². The number of likely N-dealkylation sites (N-methyl/N-ethyl adjacent to an activating group) is 1. The average molecular weight is 215 g/mol. The second-order valence-corrected chi connectivity index (χ2v) is 3.77. The molecule has 3 nitrogen and oxygen atoms in total. The van der Waals surface area contributed by atoms with E-state index in [9.17, 15) is 4.79 Å². The fraction of sp³-hybridized carbons (Fsp3) is 0.154. The highest BCUT2D eigenvalue weighted by molar-refractivity contribution is 6.05. The lowest BCUT2D eigenvalue weighted by atomic mass is 9.96. The predicted octanol–water partition coefficient (Wildman–Crippen LogP) is 1.98. The molecule has 1 heterocycles. The Labute approximate surface area is 94.3 Å². The van der Waals surface area contributed by atoms with Crippen LogP contribution in [-0.4, -0.2) is 29.6 Å². The molecule has 16 heavy (non-hydrogen) atoms. The first-order valence-corrected chi connectivity index (χ1v) is 5.10. The fourth-order valence-corrected chi connectivity index (χ4v) is 1.75. The molecule has 0 saturated heterocycles. The zero-order valence-corrected chi connectivity index (χ0v) is 9.05. The largest absolute Gasteiger partial charge is 0.478 e. The van der Waals surface area contributed by atoms with Crippen LogP contribution < -0.4 is 0 Å². The summed E-state index contributed by atoms with van der Waals surface area (Å²) in [5.41, 5.74) is 2.09. The van der Waals surface area contributed by atoms with Gasteiger partial charge in [0.15, 0.2) is 0 Å². The van der Waals surface area contributed by atoms with Crippen LogP contribution in [0.4, 0.5) is 0 Å². The van der Waals surface area contributed by atoms with Gasteiger partial charge in [-0.2, -0.15) is 0 Å². The molecule has 0 amide bonds. The van der Waals surface area contributed by atoms with E-state index >= 15 is 0 Å². The lowest BCUT2D eigenvalue weighted by Crippen LogP contribution is -2.19. The smallest absolute Gasteiger partial charge is 0.337 e. The van der Waals surface area contributed by atoms with Crippen molar-refractivity contribution in [2.75, 3.05) is 13.6 Å². The van der Waals surface area contributed by atoms with E-state index in [0.29, 0.717) is 5.57 Å². The Morgan fingerprint density at radius 2 is 2.00 bits per heavy atom. The molecule has 1 aliphatic rings. The third kappa shape index (κ3) is 1.98. The van der Waals surface area contributed by atoms with Crippen molar-refractivity contribution >= 4 is 11.5 Å². The maximum absolute atomic E-state index is 11.1. The van der Waals surface area contributed by atoms with Crippen molar-refractivity contribution in [3.05, 3.63) is 53.7 Å². The summed E-state index contributed by atoms with van der Waals surface area (Å²) in [6.45, 7) is 0.737. The molecule has 82 valence electrons. The number of carboxylic acid groups (broad SMARTS) is 1. The zero-order chi connectivity index (χ0) is 11.5. The molecule has 0 fully saturated rings. The second kappa shape index (κ2) is 4.23. The number of hydrogen-bond donors (Lipinski definition) is 1. The van der Waals surface area contributed by atoms with E-state index in [2.05, 4.69) is 0 Å². The van der Waals surface area contributed by atoms with Gasteiger partial charge in [0.25, 0.3) is 0 Å². The number of aliphatic carboxylic acids is 1. The van der Waals surface area contributed by atoms with Gasteiger partial charge in [-0.25, -0.2) is 4.79 Å². The number of hydrogen-bond acceptors (Lipinski definition) is 2. The van der Waals surface area contributed by atoms with Gasteiger partial charge in [0.05, 0.1) is 5.57 Å². The van der Waals surface area contributed by atoms with E-state index in [1.807, 2.05) is 48.4 Å². The summed E-state index contributed by atoms with van der Waals surface area (Å²) in [5.74, 6) is -0.887. The van der Waals surface area contributed by atoms with Crippen LogP contribution in [0.2, 0.25) is 0 Å². The number of carboxylic acids is 1. The normalized spacial score (nSPS) is 15.4. The van der Waals surface area contributed by atoms with Gasteiger partial charge >= 0.3 is 5.97 Å². The molecule has 1 aliphatic heterocycles. The Morgan fingerprint density at radius 3 is 2.62 bits per heavy atom. The number of rotatable bonds is 2. The number of carbonyl (C=O) groups is 1. The Hall–Kier alpha value is -2.03. The highest BCUT2D eigenvalue weighted by atomic mass is 16.4. The van der Waals surface area contributed by atoms with E-state index in [-0.39, 0.29) is 0 Å². The molecule has 3 heteroatoms. The first-order chi connectivity index (χ1) is 7.68. The van der Waals surface area contributed by atoms with E-state index in [0.717, 1.165) is 17.7 Å². The number of nitrogens with zero attached hydrogens (tertiary/aromatic N) is 1. The first kappa shape index (κ1) is 10.5. The van der Waals surface area contributed by atoms with Crippen LogP contribution in [0.1, 0.15) is 5.56 Å². The molecular weight excluding hydrogens is 202 g/mol. The summed E-state index contributed by atoms with van der Waals surface area (Å²) in [4.78, 5) is 13.0. The van der Waals surface area contributed by atoms with Crippen LogP contribution in [0.15, 0.2) is 48.2 Å². The molecule has 0 bridgehead atoms. The SMILES string of the molecule is CN1C=C(C(=O)O)C(c2ccccc2)=CC1. The van der Waals surface area contributed by atoms with Crippen LogP contribution in [-0.2, 0) is 4.79 Å². The van der Waals surface area contributed by atoms with E-state index in [1.165, 1.54) is 0 Å². The first-order valence-electron chi connectivity index (χ1n) is 5.10. The van der Waals surface area contributed by atoms with Crippen LogP contribution in [0.5, 0.6) is 0 Å². The van der Waals surface area contributed by atoms with Crippen molar-refractivity contribution in [2.45, 2.75) is 0 Å². The van der Waals surface area contributed by atoms with Gasteiger partial charge in [-0.1, -0.05) is 36.4 Å². The quantitative estimate of drug-likeness (QED) is 0.820. The molecule has 0 unspecified atom stereocenters. The van der Waals surface area contributed by atoms with Crippen molar-refractivity contribution in [1.29, 1.82) is 0 Å². The van der Waals surface area contributed by atoms with Crippen molar-refractivity contribution in [3.63, 3.8) is 0 Å². The lowest BCUT2D eigenvalue weighted by Gasteiger charge is -2.21. The summed E-state index contributed by atoms with van der Waals surface area (Å²) in [6, 6.07) is 9.59. The van der Waals surface area contributed by atoms with Crippen LogP contribution >= 0.6 is 0 Å². The van der Waals surface area contributed by atoms with E-state index in [1.54, 1.807) is 6.20 Å². The molecule has 1 N–H and O–H groups in total. The molecular formula is C13H13NO2. The van der Waals surface area contributed by atoms with Crippen LogP contribution in [0.3, 0.4) is 0 Å². The van der Waals surface area contributed by atoms with Gasteiger partial charge in [-0.05, 0) is 11.1 Å². The number of benzene rings is 1. The molecule has 0 spiro atoms. The predicted molar refractivity (Wildman–Crippen MR) is 62.8 cm³/mol. The lowest BCUT2D eigenvalue weighted by molar-refractivity contribution is -0.132. The highest BCUT2D eigenvalue weighted by Gasteiger charge is 2.18. The van der Waals surface area contributed by atoms with Gasteiger partial charge in [-0.15, -0.1) is 0 Å². The van der Waals surface area contributed by atoms with Gasteiger partial charge in [0.2, 0.25) is 0 Å². The standard InChI is InChI=1S/C13H13NO2/c1-14-8-7-11(12(9-14)13(15)16)10-5-3-2-4-6-10/h2-7,9H,8H2,1H3,(H,15,16). The molecule has 2 rings (SSSR count). The highest BCUT2D eigenvalue weighted by Crippen LogP contribution is 2.26. The third-order valence-electron chi connectivity index (χ3n) is 2.54. The molecule has 0 aromatic heterocycles. The molecule has 0 aliphatic carbocycles. The maximum Gasteiger partial charge on any atom is 0.337 e. The Balaban J connectivity index is 2.42. The topological polar surface area (TPSA) is 40.5 Å². The van der Waals surface area contributed by atoms with E-state index in [4.69, 9.17) is 5.11 Å². The third-order valence-corrected chi connectivity index (χ3v) is 2.54. The van der Waals surface area contributed by atoms with Crippen LogP contribution in [0, 0.1) is 0 Å². The molecule has 0 radical (unpaired) electrons. The minimum atomic E-state index is -0.887. The Morgan fingerprint density at radius 1 is 1.31 bits per heavy atom. The van der Waals surface area contributed by atoms with Gasteiger partial charge in [-0.3, -0.25) is 0 Å². The Bertz CT molecular complexity index is 460. The minimum Gasteiger partial charge on any atom is -0.478 e. The molecule has 0 atom stereocenters. The van der Waals surface area contributed by atoms with Crippen molar-refractivity contribution < 1.29 is 9.90 Å². The average Bonchev–Trinajstić information content (AvgIpc) is 2.30. The maximum atomic E-state index is 11.1. The monoisotopic (exact) mass is 215 g/mol. The summed E-state index contributed by atoms with van der Waals surface area (Å²) in [5, 5.41) is 9.15. The molecule has 1 aromatic carbocycles. The minimum absolute atomic E-state index is 0.347.